The number of rotatable bonds is 2. The molecule has 3 nitrogen and oxygen atoms in total. The number of amides is 1. The molecule has 2 aromatic rings. The maximum absolute atomic E-state index is 12.6. The molecule has 0 bridgehead atoms. The summed E-state index contributed by atoms with van der Waals surface area (Å²) in [6.07, 6.45) is -4.54. The summed E-state index contributed by atoms with van der Waals surface area (Å²) in [7, 11) is 0. The fourth-order valence-electron chi connectivity index (χ4n) is 1.89. The zero-order valence-electron chi connectivity index (χ0n) is 11.8. The fourth-order valence-corrected chi connectivity index (χ4v) is 2.07. The summed E-state index contributed by atoms with van der Waals surface area (Å²) >= 11 is 5.96. The number of pyridine rings is 1. The highest BCUT2D eigenvalue weighted by molar-refractivity contribution is 6.31. The summed E-state index contributed by atoms with van der Waals surface area (Å²) in [5, 5.41) is 3.11. The molecule has 2 rings (SSSR count). The van der Waals surface area contributed by atoms with Crippen LogP contribution in [-0.4, -0.2) is 10.9 Å². The first-order valence-electron chi connectivity index (χ1n) is 6.31. The van der Waals surface area contributed by atoms with Gasteiger partial charge in [0.2, 0.25) is 0 Å². The minimum Gasteiger partial charge on any atom is -0.322 e. The van der Waals surface area contributed by atoms with Gasteiger partial charge in [-0.3, -0.25) is 4.79 Å². The Balaban J connectivity index is 2.29. The van der Waals surface area contributed by atoms with Crippen LogP contribution in [0.4, 0.5) is 18.9 Å². The zero-order valence-corrected chi connectivity index (χ0v) is 12.5. The molecule has 1 aromatic heterocycles. The van der Waals surface area contributed by atoms with E-state index in [2.05, 4.69) is 10.3 Å². The highest BCUT2D eigenvalue weighted by Crippen LogP contribution is 2.28. The van der Waals surface area contributed by atoms with Crippen molar-refractivity contribution in [3.8, 4) is 0 Å². The van der Waals surface area contributed by atoms with Gasteiger partial charge in [0, 0.05) is 10.7 Å². The molecule has 116 valence electrons. The van der Waals surface area contributed by atoms with E-state index < -0.39 is 17.8 Å². The van der Waals surface area contributed by atoms with Gasteiger partial charge < -0.3 is 5.32 Å². The van der Waals surface area contributed by atoms with Crippen molar-refractivity contribution < 1.29 is 18.0 Å². The molecule has 0 saturated heterocycles. The number of hydrogen-bond donors (Lipinski definition) is 1. The molecule has 0 saturated carbocycles. The Kier molecular flexibility index (Phi) is 4.42. The van der Waals surface area contributed by atoms with Crippen molar-refractivity contribution >= 4 is 23.2 Å². The van der Waals surface area contributed by atoms with Crippen molar-refractivity contribution in [2.24, 2.45) is 0 Å². The Bertz CT molecular complexity index is 729. The van der Waals surface area contributed by atoms with Gasteiger partial charge in [0.25, 0.3) is 5.91 Å². The van der Waals surface area contributed by atoms with E-state index >= 15 is 0 Å². The first kappa shape index (κ1) is 16.3. The monoisotopic (exact) mass is 328 g/mol. The van der Waals surface area contributed by atoms with Crippen LogP contribution in [-0.2, 0) is 6.18 Å². The van der Waals surface area contributed by atoms with Crippen molar-refractivity contribution in [2.75, 3.05) is 5.32 Å². The Morgan fingerprint density at radius 2 is 1.86 bits per heavy atom. The quantitative estimate of drug-likeness (QED) is 0.873. The van der Waals surface area contributed by atoms with Gasteiger partial charge in [-0.1, -0.05) is 17.7 Å². The first-order chi connectivity index (χ1) is 10.2. The third-order valence-corrected chi connectivity index (χ3v) is 3.55. The molecule has 0 unspecified atom stereocenters. The maximum Gasteiger partial charge on any atom is 0.433 e. The smallest absolute Gasteiger partial charge is 0.322 e. The normalized spacial score (nSPS) is 11.4. The average Bonchev–Trinajstić information content (AvgIpc) is 2.42. The van der Waals surface area contributed by atoms with E-state index in [-0.39, 0.29) is 11.3 Å². The maximum atomic E-state index is 12.6. The lowest BCUT2D eigenvalue weighted by Crippen LogP contribution is -2.17. The van der Waals surface area contributed by atoms with Gasteiger partial charge in [0.15, 0.2) is 0 Å². The molecular formula is C15H12ClF3N2O. The first-order valence-corrected chi connectivity index (χ1v) is 6.69. The van der Waals surface area contributed by atoms with Gasteiger partial charge in [-0.25, -0.2) is 4.98 Å². The lowest BCUT2D eigenvalue weighted by Gasteiger charge is -2.12. The Labute approximate surface area is 130 Å². The predicted octanol–water partition coefficient (Wildman–Crippen LogP) is 4.62. The number of anilines is 1. The van der Waals surface area contributed by atoms with Crippen LogP contribution in [0.25, 0.3) is 0 Å². The van der Waals surface area contributed by atoms with Gasteiger partial charge in [-0.2, -0.15) is 13.2 Å². The van der Waals surface area contributed by atoms with E-state index in [4.69, 9.17) is 11.6 Å². The van der Waals surface area contributed by atoms with E-state index in [0.29, 0.717) is 16.3 Å². The Hall–Kier alpha value is -2.08. The van der Waals surface area contributed by atoms with E-state index in [1.54, 1.807) is 25.1 Å². The van der Waals surface area contributed by atoms with Crippen LogP contribution in [0.3, 0.4) is 0 Å². The number of halogens is 4. The number of carbonyl (C=O) groups excluding carboxylic acids is 1. The summed E-state index contributed by atoms with van der Waals surface area (Å²) in [6, 6.07) is 6.90. The van der Waals surface area contributed by atoms with Crippen LogP contribution >= 0.6 is 11.6 Å². The number of aryl methyl sites for hydroxylation is 1. The molecule has 0 radical (unpaired) electrons. The van der Waals surface area contributed by atoms with Crippen LogP contribution in [0.15, 0.2) is 30.3 Å². The van der Waals surface area contributed by atoms with E-state index in [0.717, 1.165) is 12.1 Å². The number of aromatic nitrogens is 1. The summed E-state index contributed by atoms with van der Waals surface area (Å²) in [4.78, 5) is 15.6. The summed E-state index contributed by atoms with van der Waals surface area (Å²) in [6.45, 7) is 3.09. The second-order valence-electron chi connectivity index (χ2n) is 4.69. The van der Waals surface area contributed by atoms with Gasteiger partial charge in [0.1, 0.15) is 5.69 Å². The van der Waals surface area contributed by atoms with Crippen LogP contribution in [0.1, 0.15) is 27.3 Å². The standard InChI is InChI=1S/C15H12ClF3N2O/c1-8-11(16)4-3-5-12(8)21-14(22)10-6-7-13(15(17,18)19)20-9(10)2/h3-7H,1-2H3,(H,21,22). The molecule has 1 amide bonds. The van der Waals surface area contributed by atoms with Crippen LogP contribution in [0, 0.1) is 13.8 Å². The highest BCUT2D eigenvalue weighted by atomic mass is 35.5. The second kappa shape index (κ2) is 5.96. The van der Waals surface area contributed by atoms with Crippen molar-refractivity contribution in [1.82, 2.24) is 4.98 Å². The molecule has 0 aliphatic heterocycles. The van der Waals surface area contributed by atoms with Crippen LogP contribution < -0.4 is 5.32 Å². The zero-order chi connectivity index (χ0) is 16.5. The van der Waals surface area contributed by atoms with E-state index in [1.165, 1.54) is 6.92 Å². The molecule has 0 fully saturated rings. The summed E-state index contributed by atoms with van der Waals surface area (Å²) in [5.74, 6) is -0.538. The van der Waals surface area contributed by atoms with Crippen molar-refractivity contribution in [3.05, 3.63) is 57.9 Å². The molecule has 22 heavy (non-hydrogen) atoms. The molecule has 0 aliphatic rings. The molecule has 1 N–H and O–H groups in total. The van der Waals surface area contributed by atoms with Gasteiger partial charge in [-0.15, -0.1) is 0 Å². The molecular weight excluding hydrogens is 317 g/mol. The minimum atomic E-state index is -4.54. The van der Waals surface area contributed by atoms with Crippen LogP contribution in [0.2, 0.25) is 5.02 Å². The molecule has 1 heterocycles. The van der Waals surface area contributed by atoms with Gasteiger partial charge in [-0.05, 0) is 43.7 Å². The lowest BCUT2D eigenvalue weighted by molar-refractivity contribution is -0.141. The SMILES string of the molecule is Cc1nc(C(F)(F)F)ccc1C(=O)Nc1cccc(Cl)c1C. The molecule has 0 aliphatic carbocycles. The number of carbonyl (C=O) groups is 1. The van der Waals surface area contributed by atoms with Gasteiger partial charge in [0.05, 0.1) is 11.3 Å². The van der Waals surface area contributed by atoms with Crippen molar-refractivity contribution in [3.63, 3.8) is 0 Å². The number of alkyl halides is 3. The molecule has 0 atom stereocenters. The largest absolute Gasteiger partial charge is 0.433 e. The third kappa shape index (κ3) is 3.39. The average molecular weight is 329 g/mol. The van der Waals surface area contributed by atoms with E-state index in [1.807, 2.05) is 0 Å². The van der Waals surface area contributed by atoms with Crippen molar-refractivity contribution in [2.45, 2.75) is 20.0 Å². The van der Waals surface area contributed by atoms with Crippen molar-refractivity contribution in [1.29, 1.82) is 0 Å². The lowest BCUT2D eigenvalue weighted by atomic mass is 10.1. The number of nitrogens with one attached hydrogen (secondary N) is 1. The molecule has 1 aromatic carbocycles. The third-order valence-electron chi connectivity index (χ3n) is 3.14. The number of hydrogen-bond acceptors (Lipinski definition) is 2. The predicted molar refractivity (Wildman–Crippen MR) is 78.1 cm³/mol. The number of benzene rings is 1. The van der Waals surface area contributed by atoms with E-state index in [9.17, 15) is 18.0 Å². The highest BCUT2D eigenvalue weighted by Gasteiger charge is 2.33. The second-order valence-corrected chi connectivity index (χ2v) is 5.10. The number of nitrogens with zero attached hydrogens (tertiary/aromatic N) is 1. The van der Waals surface area contributed by atoms with Gasteiger partial charge >= 0.3 is 6.18 Å². The van der Waals surface area contributed by atoms with Crippen LogP contribution in [0.5, 0.6) is 0 Å². The fraction of sp³-hybridized carbons (Fsp3) is 0.200. The Morgan fingerprint density at radius 1 is 1.18 bits per heavy atom. The topological polar surface area (TPSA) is 42.0 Å². The molecule has 7 heteroatoms. The summed E-state index contributed by atoms with van der Waals surface area (Å²) in [5.41, 5.74) is 0.228. The Morgan fingerprint density at radius 3 is 2.45 bits per heavy atom. The summed E-state index contributed by atoms with van der Waals surface area (Å²) < 4.78 is 37.7. The molecule has 0 spiro atoms. The minimum absolute atomic E-state index is 0.00649.